The normalized spacial score (nSPS) is 17.5. The molecule has 0 fully saturated rings. The van der Waals surface area contributed by atoms with E-state index in [1.54, 1.807) is 18.2 Å². The predicted molar refractivity (Wildman–Crippen MR) is 58.2 cm³/mol. The van der Waals surface area contributed by atoms with Crippen LogP contribution in [0.15, 0.2) is 18.2 Å². The maximum atomic E-state index is 11.2. The number of aliphatic hydroxyl groups excluding tert-OH is 3. The molecule has 0 spiro atoms. The van der Waals surface area contributed by atoms with Crippen molar-refractivity contribution >= 4 is 5.97 Å². The van der Waals surface area contributed by atoms with E-state index in [-0.39, 0.29) is 25.6 Å². The fraction of sp³-hybridized carbons (Fsp3) is 0.417. The van der Waals surface area contributed by atoms with E-state index in [1.807, 2.05) is 0 Å². The van der Waals surface area contributed by atoms with E-state index in [0.717, 1.165) is 0 Å². The number of carbonyl (C=O) groups is 1. The number of benzene rings is 1. The van der Waals surface area contributed by atoms with E-state index in [1.165, 1.54) is 0 Å². The fourth-order valence-corrected chi connectivity index (χ4v) is 1.85. The number of cyclic esters (lactones) is 1. The van der Waals surface area contributed by atoms with Gasteiger partial charge in [0, 0.05) is 12.2 Å². The summed E-state index contributed by atoms with van der Waals surface area (Å²) >= 11 is 0. The minimum atomic E-state index is -1.07. The number of ether oxygens (including phenoxy) is 1. The lowest BCUT2D eigenvalue weighted by molar-refractivity contribution is 0.00416. The molecule has 0 aliphatic carbocycles. The Kier molecular flexibility index (Phi) is 3.42. The van der Waals surface area contributed by atoms with Gasteiger partial charge < -0.3 is 20.1 Å². The topological polar surface area (TPSA) is 87.0 Å². The molecule has 0 amide bonds. The van der Waals surface area contributed by atoms with Crippen LogP contribution >= 0.6 is 0 Å². The molecule has 3 N–H and O–H groups in total. The highest BCUT2D eigenvalue weighted by atomic mass is 16.5. The average Bonchev–Trinajstić information content (AvgIpc) is 2.70. The van der Waals surface area contributed by atoms with E-state index in [4.69, 9.17) is 9.84 Å². The first-order chi connectivity index (χ1) is 8.13. The van der Waals surface area contributed by atoms with Gasteiger partial charge in [0.05, 0.1) is 11.7 Å². The Labute approximate surface area is 98.3 Å². The molecule has 2 atom stereocenters. The van der Waals surface area contributed by atoms with Gasteiger partial charge in [-0.25, -0.2) is 4.79 Å². The van der Waals surface area contributed by atoms with E-state index in [9.17, 15) is 15.0 Å². The van der Waals surface area contributed by atoms with Gasteiger partial charge in [0.1, 0.15) is 12.7 Å². The summed E-state index contributed by atoms with van der Waals surface area (Å²) in [6.07, 6.45) is -1.98. The zero-order chi connectivity index (χ0) is 12.4. The molecule has 0 saturated carbocycles. The Morgan fingerprint density at radius 2 is 2.12 bits per heavy atom. The Hall–Kier alpha value is -1.43. The Balaban J connectivity index is 2.20. The van der Waals surface area contributed by atoms with Crippen molar-refractivity contribution < 1.29 is 24.9 Å². The first kappa shape index (κ1) is 12.0. The smallest absolute Gasteiger partial charge is 0.338 e. The minimum Gasteiger partial charge on any atom is -0.457 e. The number of aliphatic hydroxyl groups is 3. The highest BCUT2D eigenvalue weighted by Crippen LogP contribution is 2.26. The fourth-order valence-electron chi connectivity index (χ4n) is 1.85. The van der Waals surface area contributed by atoms with Crippen LogP contribution in [0.4, 0.5) is 0 Å². The molecule has 2 rings (SSSR count). The van der Waals surface area contributed by atoms with Gasteiger partial charge in [-0.1, -0.05) is 6.07 Å². The van der Waals surface area contributed by atoms with E-state index >= 15 is 0 Å². The van der Waals surface area contributed by atoms with Crippen molar-refractivity contribution in [3.8, 4) is 0 Å². The molecule has 0 aromatic heterocycles. The van der Waals surface area contributed by atoms with Crippen molar-refractivity contribution in [1.29, 1.82) is 0 Å². The second-order valence-corrected chi connectivity index (χ2v) is 4.02. The number of esters is 1. The van der Waals surface area contributed by atoms with Crippen LogP contribution in [0.25, 0.3) is 0 Å². The van der Waals surface area contributed by atoms with E-state index < -0.39 is 12.2 Å². The summed E-state index contributed by atoms with van der Waals surface area (Å²) in [5.41, 5.74) is 1.73. The maximum Gasteiger partial charge on any atom is 0.338 e. The quantitative estimate of drug-likeness (QED) is 0.649. The zero-order valence-corrected chi connectivity index (χ0v) is 9.17. The summed E-state index contributed by atoms with van der Waals surface area (Å²) in [5.74, 6) is -0.364. The first-order valence-corrected chi connectivity index (χ1v) is 5.40. The monoisotopic (exact) mass is 238 g/mol. The first-order valence-electron chi connectivity index (χ1n) is 5.40. The summed E-state index contributed by atoms with van der Waals surface area (Å²) in [5, 5.41) is 28.1. The SMILES string of the molecule is O=C1OCc2cc(C(O)C(O)CCO)ccc21. The molecule has 1 heterocycles. The van der Waals surface area contributed by atoms with Crippen molar-refractivity contribution in [2.45, 2.75) is 25.2 Å². The molecule has 2 unspecified atom stereocenters. The number of rotatable bonds is 4. The molecule has 0 saturated heterocycles. The van der Waals surface area contributed by atoms with Crippen molar-refractivity contribution in [3.63, 3.8) is 0 Å². The van der Waals surface area contributed by atoms with Gasteiger partial charge in [0.15, 0.2) is 0 Å². The van der Waals surface area contributed by atoms with Crippen molar-refractivity contribution in [2.24, 2.45) is 0 Å². The minimum absolute atomic E-state index is 0.105. The second-order valence-electron chi connectivity index (χ2n) is 4.02. The van der Waals surface area contributed by atoms with Crippen molar-refractivity contribution in [2.75, 3.05) is 6.61 Å². The molecule has 5 heteroatoms. The van der Waals surface area contributed by atoms with E-state index in [0.29, 0.717) is 16.7 Å². The molecule has 92 valence electrons. The van der Waals surface area contributed by atoms with Crippen LogP contribution in [0.3, 0.4) is 0 Å². The van der Waals surface area contributed by atoms with Gasteiger partial charge in [0.2, 0.25) is 0 Å². The van der Waals surface area contributed by atoms with Crippen LogP contribution < -0.4 is 0 Å². The zero-order valence-electron chi connectivity index (χ0n) is 9.17. The van der Waals surface area contributed by atoms with Crippen LogP contribution in [-0.2, 0) is 11.3 Å². The lowest BCUT2D eigenvalue weighted by Gasteiger charge is -2.17. The van der Waals surface area contributed by atoms with Gasteiger partial charge in [-0.05, 0) is 24.1 Å². The molecule has 0 radical (unpaired) electrons. The third-order valence-corrected chi connectivity index (χ3v) is 2.84. The molecule has 1 aromatic carbocycles. The largest absolute Gasteiger partial charge is 0.457 e. The van der Waals surface area contributed by atoms with Crippen molar-refractivity contribution in [3.05, 3.63) is 34.9 Å². The molecular formula is C12H14O5. The summed E-state index contributed by atoms with van der Waals surface area (Å²) in [7, 11) is 0. The lowest BCUT2D eigenvalue weighted by Crippen LogP contribution is -2.19. The molecule has 17 heavy (non-hydrogen) atoms. The average molecular weight is 238 g/mol. The Bertz CT molecular complexity index is 429. The predicted octanol–water partition coefficient (Wildman–Crippen LogP) is 0.134. The number of carbonyl (C=O) groups excluding carboxylic acids is 1. The Morgan fingerprint density at radius 1 is 1.35 bits per heavy atom. The molecular weight excluding hydrogens is 224 g/mol. The van der Waals surface area contributed by atoms with Gasteiger partial charge in [-0.15, -0.1) is 0 Å². The number of hydrogen-bond donors (Lipinski definition) is 3. The summed E-state index contributed by atoms with van der Waals surface area (Å²) in [6, 6.07) is 4.80. The Morgan fingerprint density at radius 3 is 2.82 bits per heavy atom. The van der Waals surface area contributed by atoms with Crippen LogP contribution in [0.1, 0.15) is 34.0 Å². The summed E-state index contributed by atoms with van der Waals surface area (Å²) in [4.78, 5) is 11.2. The highest BCUT2D eigenvalue weighted by Gasteiger charge is 2.24. The molecule has 5 nitrogen and oxygen atoms in total. The number of hydrogen-bond acceptors (Lipinski definition) is 5. The van der Waals surface area contributed by atoms with Gasteiger partial charge >= 0.3 is 5.97 Å². The highest BCUT2D eigenvalue weighted by molar-refractivity contribution is 5.93. The third-order valence-electron chi connectivity index (χ3n) is 2.84. The van der Waals surface area contributed by atoms with Gasteiger partial charge in [-0.3, -0.25) is 0 Å². The molecule has 1 aromatic rings. The van der Waals surface area contributed by atoms with Gasteiger partial charge in [0.25, 0.3) is 0 Å². The van der Waals surface area contributed by atoms with Crippen LogP contribution in [0.2, 0.25) is 0 Å². The summed E-state index contributed by atoms with van der Waals surface area (Å²) < 4.78 is 4.84. The van der Waals surface area contributed by atoms with Crippen LogP contribution in [0, 0.1) is 0 Å². The van der Waals surface area contributed by atoms with E-state index in [2.05, 4.69) is 0 Å². The summed E-state index contributed by atoms with van der Waals surface area (Å²) in [6.45, 7) is 0.00951. The van der Waals surface area contributed by atoms with Crippen molar-refractivity contribution in [1.82, 2.24) is 0 Å². The molecule has 1 aliphatic rings. The van der Waals surface area contributed by atoms with Crippen LogP contribution in [0.5, 0.6) is 0 Å². The molecule has 1 aliphatic heterocycles. The maximum absolute atomic E-state index is 11.2. The van der Waals surface area contributed by atoms with Gasteiger partial charge in [-0.2, -0.15) is 0 Å². The molecule has 0 bridgehead atoms. The number of fused-ring (bicyclic) bond motifs is 1. The lowest BCUT2D eigenvalue weighted by atomic mass is 9.98. The standard InChI is InChI=1S/C12H14O5/c13-4-3-10(14)11(15)7-1-2-9-8(5-7)6-17-12(9)16/h1-2,5,10-11,13-15H,3-4,6H2. The second kappa shape index (κ2) is 4.83. The van der Waals surface area contributed by atoms with Crippen LogP contribution in [-0.4, -0.2) is 34.0 Å². The third kappa shape index (κ3) is 2.31.